The molecule has 0 unspecified atom stereocenters. The molecule has 26 heavy (non-hydrogen) atoms. The molecule has 2 aromatic rings. The van der Waals surface area contributed by atoms with Crippen LogP contribution in [0.4, 0.5) is 0 Å². The number of rotatable bonds is 9. The predicted octanol–water partition coefficient (Wildman–Crippen LogP) is 3.64. The topological polar surface area (TPSA) is 50.2 Å². The van der Waals surface area contributed by atoms with Crippen molar-refractivity contribution in [2.75, 3.05) is 26.2 Å². The van der Waals surface area contributed by atoms with Crippen molar-refractivity contribution in [3.8, 4) is 5.69 Å². The number of likely N-dealkylation sites (N-methyl/N-ethyl adjacent to an activating group) is 1. The van der Waals surface area contributed by atoms with Gasteiger partial charge in [0.15, 0.2) is 0 Å². The van der Waals surface area contributed by atoms with E-state index in [9.17, 15) is 4.79 Å². The largest absolute Gasteiger partial charge is 0.355 e. The summed E-state index contributed by atoms with van der Waals surface area (Å²) in [5, 5.41) is 7.70. The van der Waals surface area contributed by atoms with E-state index in [0.717, 1.165) is 46.7 Å². The highest BCUT2D eigenvalue weighted by atomic mass is 79.9. The summed E-state index contributed by atoms with van der Waals surface area (Å²) in [5.41, 5.74) is 4.24. The van der Waals surface area contributed by atoms with E-state index in [1.807, 2.05) is 35.9 Å². The monoisotopic (exact) mass is 420 g/mol. The Morgan fingerprint density at radius 3 is 2.58 bits per heavy atom. The molecule has 0 saturated carbocycles. The normalized spacial score (nSPS) is 11.2. The summed E-state index contributed by atoms with van der Waals surface area (Å²) in [5.74, 6) is 0.101. The molecule has 0 spiro atoms. The van der Waals surface area contributed by atoms with Gasteiger partial charge in [0.2, 0.25) is 5.91 Å². The summed E-state index contributed by atoms with van der Waals surface area (Å²) >= 11 is 3.59. The fourth-order valence-corrected chi connectivity index (χ4v) is 3.57. The number of aryl methyl sites for hydroxylation is 1. The van der Waals surface area contributed by atoms with Crippen LogP contribution in [-0.2, 0) is 11.2 Å². The van der Waals surface area contributed by atoms with Crippen LogP contribution in [0, 0.1) is 13.8 Å². The van der Waals surface area contributed by atoms with Gasteiger partial charge in [-0.05, 0) is 67.0 Å². The van der Waals surface area contributed by atoms with Crippen molar-refractivity contribution in [3.05, 3.63) is 45.7 Å². The molecule has 1 amide bonds. The number of aromatic nitrogens is 2. The lowest BCUT2D eigenvalue weighted by Crippen LogP contribution is -2.34. The van der Waals surface area contributed by atoms with E-state index >= 15 is 0 Å². The van der Waals surface area contributed by atoms with E-state index < -0.39 is 0 Å². The molecule has 0 fully saturated rings. The van der Waals surface area contributed by atoms with E-state index in [1.165, 1.54) is 0 Å². The maximum absolute atomic E-state index is 12.2. The molecule has 0 aliphatic carbocycles. The van der Waals surface area contributed by atoms with Crippen molar-refractivity contribution < 1.29 is 4.79 Å². The Morgan fingerprint density at radius 2 is 1.92 bits per heavy atom. The first kappa shape index (κ1) is 20.6. The second kappa shape index (κ2) is 9.88. The average molecular weight is 421 g/mol. The third kappa shape index (κ3) is 5.17. The van der Waals surface area contributed by atoms with Gasteiger partial charge < -0.3 is 10.2 Å². The number of para-hydroxylation sites is 1. The Labute approximate surface area is 164 Å². The number of nitrogens with one attached hydrogen (secondary N) is 1. The summed E-state index contributed by atoms with van der Waals surface area (Å²) in [6.45, 7) is 12.0. The van der Waals surface area contributed by atoms with Crippen LogP contribution in [0.3, 0.4) is 0 Å². The van der Waals surface area contributed by atoms with Crippen molar-refractivity contribution in [1.82, 2.24) is 20.0 Å². The van der Waals surface area contributed by atoms with Crippen molar-refractivity contribution in [2.24, 2.45) is 0 Å². The summed E-state index contributed by atoms with van der Waals surface area (Å²) in [4.78, 5) is 14.5. The first-order valence-corrected chi connectivity index (χ1v) is 10.1. The van der Waals surface area contributed by atoms with Crippen molar-refractivity contribution >= 4 is 21.8 Å². The van der Waals surface area contributed by atoms with Gasteiger partial charge in [0.05, 0.1) is 11.4 Å². The van der Waals surface area contributed by atoms with E-state index in [0.29, 0.717) is 19.4 Å². The van der Waals surface area contributed by atoms with Gasteiger partial charge in [-0.1, -0.05) is 26.0 Å². The SMILES string of the molecule is CCN(CC)CCNC(=O)CCc1c(C)nn(-c2ccccc2Br)c1C. The Kier molecular flexibility index (Phi) is 7.85. The molecule has 0 radical (unpaired) electrons. The predicted molar refractivity (Wildman–Crippen MR) is 110 cm³/mol. The lowest BCUT2D eigenvalue weighted by atomic mass is 10.1. The number of benzene rings is 1. The summed E-state index contributed by atoms with van der Waals surface area (Å²) < 4.78 is 2.96. The summed E-state index contributed by atoms with van der Waals surface area (Å²) in [7, 11) is 0. The van der Waals surface area contributed by atoms with Crippen LogP contribution in [-0.4, -0.2) is 46.8 Å². The zero-order valence-corrected chi connectivity index (χ0v) is 17.8. The molecule has 142 valence electrons. The number of carbonyl (C=O) groups is 1. The minimum absolute atomic E-state index is 0.101. The van der Waals surface area contributed by atoms with Gasteiger partial charge in [-0.15, -0.1) is 0 Å². The standard InChI is InChI=1S/C20H29BrN4O/c1-5-24(6-2)14-13-22-20(26)12-11-17-15(3)23-25(16(17)4)19-10-8-7-9-18(19)21/h7-10H,5-6,11-14H2,1-4H3,(H,22,26). The van der Waals surface area contributed by atoms with Crippen molar-refractivity contribution in [3.63, 3.8) is 0 Å². The highest BCUT2D eigenvalue weighted by Crippen LogP contribution is 2.24. The molecule has 1 aromatic carbocycles. The molecule has 0 atom stereocenters. The van der Waals surface area contributed by atoms with Crippen LogP contribution >= 0.6 is 15.9 Å². The van der Waals surface area contributed by atoms with Gasteiger partial charge in [0.1, 0.15) is 0 Å². The second-order valence-electron chi connectivity index (χ2n) is 6.39. The lowest BCUT2D eigenvalue weighted by Gasteiger charge is -2.17. The van der Waals surface area contributed by atoms with Crippen LogP contribution in [0.5, 0.6) is 0 Å². The van der Waals surface area contributed by atoms with Crippen LogP contribution < -0.4 is 5.32 Å². The summed E-state index contributed by atoms with van der Waals surface area (Å²) in [6.07, 6.45) is 1.20. The first-order chi connectivity index (χ1) is 12.5. The second-order valence-corrected chi connectivity index (χ2v) is 7.24. The van der Waals surface area contributed by atoms with Crippen LogP contribution in [0.2, 0.25) is 0 Å². The van der Waals surface area contributed by atoms with Gasteiger partial charge in [0, 0.05) is 29.7 Å². The van der Waals surface area contributed by atoms with Crippen LogP contribution in [0.1, 0.15) is 37.2 Å². The van der Waals surface area contributed by atoms with Gasteiger partial charge in [-0.25, -0.2) is 4.68 Å². The average Bonchev–Trinajstić information content (AvgIpc) is 2.91. The van der Waals surface area contributed by atoms with E-state index in [-0.39, 0.29) is 5.91 Å². The highest BCUT2D eigenvalue weighted by Gasteiger charge is 2.15. The number of hydrogen-bond donors (Lipinski definition) is 1. The zero-order valence-electron chi connectivity index (χ0n) is 16.2. The molecule has 6 heteroatoms. The van der Waals surface area contributed by atoms with Gasteiger partial charge >= 0.3 is 0 Å². The lowest BCUT2D eigenvalue weighted by molar-refractivity contribution is -0.121. The fourth-order valence-electron chi connectivity index (χ4n) is 3.12. The quantitative estimate of drug-likeness (QED) is 0.673. The molecule has 1 N–H and O–H groups in total. The number of carbonyl (C=O) groups excluding carboxylic acids is 1. The Morgan fingerprint density at radius 1 is 1.23 bits per heavy atom. The molecule has 1 heterocycles. The molecule has 0 aliphatic rings. The molecule has 0 saturated heterocycles. The number of hydrogen-bond acceptors (Lipinski definition) is 3. The number of halogens is 1. The van der Waals surface area contributed by atoms with Gasteiger partial charge in [-0.2, -0.15) is 5.10 Å². The molecule has 0 bridgehead atoms. The summed E-state index contributed by atoms with van der Waals surface area (Å²) in [6, 6.07) is 8.03. The Hall–Kier alpha value is -1.66. The molecular formula is C20H29BrN4O. The Balaban J connectivity index is 1.96. The molecule has 1 aromatic heterocycles. The third-order valence-corrected chi connectivity index (χ3v) is 5.44. The Bertz CT molecular complexity index is 737. The smallest absolute Gasteiger partial charge is 0.220 e. The molecule has 5 nitrogen and oxygen atoms in total. The van der Waals surface area contributed by atoms with Gasteiger partial charge in [-0.3, -0.25) is 4.79 Å². The maximum atomic E-state index is 12.2. The van der Waals surface area contributed by atoms with Crippen molar-refractivity contribution in [1.29, 1.82) is 0 Å². The van der Waals surface area contributed by atoms with E-state index in [2.05, 4.69) is 52.0 Å². The minimum Gasteiger partial charge on any atom is -0.355 e. The highest BCUT2D eigenvalue weighted by molar-refractivity contribution is 9.10. The maximum Gasteiger partial charge on any atom is 0.220 e. The first-order valence-electron chi connectivity index (χ1n) is 9.26. The van der Waals surface area contributed by atoms with E-state index in [4.69, 9.17) is 0 Å². The molecule has 2 rings (SSSR count). The van der Waals surface area contributed by atoms with Crippen LogP contribution in [0.25, 0.3) is 5.69 Å². The minimum atomic E-state index is 0.101. The molecular weight excluding hydrogens is 392 g/mol. The van der Waals surface area contributed by atoms with Crippen LogP contribution in [0.15, 0.2) is 28.7 Å². The van der Waals surface area contributed by atoms with Gasteiger partial charge in [0.25, 0.3) is 0 Å². The third-order valence-electron chi connectivity index (χ3n) is 4.77. The van der Waals surface area contributed by atoms with E-state index in [1.54, 1.807) is 0 Å². The fraction of sp³-hybridized carbons (Fsp3) is 0.500. The van der Waals surface area contributed by atoms with Crippen molar-refractivity contribution in [2.45, 2.75) is 40.5 Å². The zero-order chi connectivity index (χ0) is 19.1. The number of nitrogens with zero attached hydrogens (tertiary/aromatic N) is 3. The molecule has 0 aliphatic heterocycles. The number of amides is 1.